The predicted octanol–water partition coefficient (Wildman–Crippen LogP) is 2.03. The first-order chi connectivity index (χ1) is 12.5. The van der Waals surface area contributed by atoms with Gasteiger partial charge in [-0.05, 0) is 31.4 Å². The Morgan fingerprint density at radius 1 is 1.31 bits per heavy atom. The van der Waals surface area contributed by atoms with E-state index in [-0.39, 0.29) is 17.2 Å². The first-order valence-electron chi connectivity index (χ1n) is 9.01. The fourth-order valence-corrected chi connectivity index (χ4v) is 3.53. The van der Waals surface area contributed by atoms with Crippen LogP contribution in [0.5, 0.6) is 0 Å². The third-order valence-electron chi connectivity index (χ3n) is 5.25. The lowest BCUT2D eigenvalue weighted by Gasteiger charge is -2.29. The van der Waals surface area contributed by atoms with Gasteiger partial charge in [-0.15, -0.1) is 0 Å². The normalized spacial score (nSPS) is 23.3. The van der Waals surface area contributed by atoms with Crippen molar-refractivity contribution in [3.8, 4) is 11.4 Å². The van der Waals surface area contributed by atoms with E-state index in [0.717, 1.165) is 24.1 Å². The maximum atomic E-state index is 11.8. The summed E-state index contributed by atoms with van der Waals surface area (Å²) in [4.78, 5) is 29.7. The van der Waals surface area contributed by atoms with Crippen LogP contribution in [0.25, 0.3) is 11.4 Å². The summed E-state index contributed by atoms with van der Waals surface area (Å²) in [6.45, 7) is 3.96. The average Bonchev–Trinajstić information content (AvgIpc) is 3.28. The van der Waals surface area contributed by atoms with Crippen LogP contribution in [0, 0.1) is 0 Å². The van der Waals surface area contributed by atoms with E-state index in [9.17, 15) is 9.59 Å². The third kappa shape index (κ3) is 3.21. The first kappa shape index (κ1) is 16.8. The second kappa shape index (κ2) is 6.55. The van der Waals surface area contributed by atoms with Crippen LogP contribution in [0.2, 0.25) is 0 Å². The Balaban J connectivity index is 1.53. The van der Waals surface area contributed by atoms with E-state index in [4.69, 9.17) is 4.52 Å². The third-order valence-corrected chi connectivity index (χ3v) is 5.25. The second-order valence-corrected chi connectivity index (χ2v) is 7.38. The fourth-order valence-electron chi connectivity index (χ4n) is 3.53. The van der Waals surface area contributed by atoms with Gasteiger partial charge in [0.05, 0.1) is 5.41 Å². The van der Waals surface area contributed by atoms with Crippen LogP contribution in [0.3, 0.4) is 0 Å². The number of amides is 2. The van der Waals surface area contributed by atoms with Gasteiger partial charge in [0, 0.05) is 38.0 Å². The zero-order valence-electron chi connectivity index (χ0n) is 14.8. The van der Waals surface area contributed by atoms with E-state index >= 15 is 0 Å². The van der Waals surface area contributed by atoms with Crippen LogP contribution < -0.4 is 5.32 Å². The van der Waals surface area contributed by atoms with Crippen molar-refractivity contribution in [1.29, 1.82) is 0 Å². The monoisotopic (exact) mass is 354 g/mol. The number of hydrogen-bond donors (Lipinski definition) is 1. The lowest BCUT2D eigenvalue weighted by atomic mass is 9.82. The summed E-state index contributed by atoms with van der Waals surface area (Å²) >= 11 is 0. The Bertz CT molecular complexity index is 835. The van der Waals surface area contributed by atoms with Gasteiger partial charge in [0.15, 0.2) is 0 Å². The summed E-state index contributed by atoms with van der Waals surface area (Å²) < 4.78 is 5.51. The van der Waals surface area contributed by atoms with Gasteiger partial charge in [-0.2, -0.15) is 4.98 Å². The van der Waals surface area contributed by atoms with Crippen LogP contribution >= 0.6 is 0 Å². The molecule has 26 heavy (non-hydrogen) atoms. The molecular formula is C19H22N4O3. The van der Waals surface area contributed by atoms with Gasteiger partial charge >= 0.3 is 0 Å². The quantitative estimate of drug-likeness (QED) is 0.907. The number of nitrogens with one attached hydrogen (secondary N) is 1. The maximum absolute atomic E-state index is 11.8. The minimum atomic E-state index is -0.335. The van der Waals surface area contributed by atoms with Crippen molar-refractivity contribution in [2.75, 3.05) is 13.1 Å². The highest BCUT2D eigenvalue weighted by Gasteiger charge is 2.37. The lowest BCUT2D eigenvalue weighted by molar-refractivity contribution is -0.128. The van der Waals surface area contributed by atoms with Crippen LogP contribution in [0.15, 0.2) is 28.8 Å². The highest BCUT2D eigenvalue weighted by Crippen LogP contribution is 2.31. The summed E-state index contributed by atoms with van der Waals surface area (Å²) in [5.74, 6) is 1.36. The molecule has 0 saturated carbocycles. The van der Waals surface area contributed by atoms with Crippen molar-refractivity contribution in [2.24, 2.45) is 0 Å². The summed E-state index contributed by atoms with van der Waals surface area (Å²) in [7, 11) is 0. The Morgan fingerprint density at radius 3 is 2.92 bits per heavy atom. The number of nitrogens with zero attached hydrogens (tertiary/aromatic N) is 3. The van der Waals surface area contributed by atoms with Crippen LogP contribution in [-0.2, 0) is 21.5 Å². The highest BCUT2D eigenvalue weighted by molar-refractivity contribution is 5.78. The zero-order chi connectivity index (χ0) is 18.1. The summed E-state index contributed by atoms with van der Waals surface area (Å²) in [5, 5.41) is 7.00. The smallest absolute Gasteiger partial charge is 0.234 e. The van der Waals surface area contributed by atoms with Crippen LogP contribution in [0.4, 0.5) is 0 Å². The van der Waals surface area contributed by atoms with Crippen molar-refractivity contribution >= 4 is 11.8 Å². The van der Waals surface area contributed by atoms with Crippen molar-refractivity contribution in [3.05, 3.63) is 35.7 Å². The van der Waals surface area contributed by atoms with E-state index in [2.05, 4.69) is 15.5 Å². The molecule has 2 aliphatic rings. The largest absolute Gasteiger partial charge is 0.355 e. The molecule has 2 aliphatic heterocycles. The molecule has 0 aliphatic carbocycles. The van der Waals surface area contributed by atoms with Gasteiger partial charge in [-0.1, -0.05) is 23.4 Å². The molecule has 1 N–H and O–H groups in total. The standard InChI is InChI=1S/C19H22N4O3/c1-19(8-7-15(24)20-12-19)18-21-17(22-26-18)14-5-2-4-13(10-14)11-23-9-3-6-16(23)25/h2,4-5,10H,3,6-9,11-12H2,1H3,(H,20,24). The van der Waals surface area contributed by atoms with Gasteiger partial charge in [-0.25, -0.2) is 0 Å². The number of likely N-dealkylation sites (tertiary alicyclic amines) is 1. The lowest BCUT2D eigenvalue weighted by Crippen LogP contribution is -2.44. The van der Waals surface area contributed by atoms with E-state index in [1.165, 1.54) is 0 Å². The number of carbonyl (C=O) groups is 2. The van der Waals surface area contributed by atoms with E-state index in [0.29, 0.717) is 44.1 Å². The molecule has 1 unspecified atom stereocenters. The molecule has 0 radical (unpaired) electrons. The van der Waals surface area contributed by atoms with Crippen molar-refractivity contribution < 1.29 is 14.1 Å². The average molecular weight is 354 g/mol. The zero-order valence-corrected chi connectivity index (χ0v) is 14.8. The minimum Gasteiger partial charge on any atom is -0.355 e. The van der Waals surface area contributed by atoms with E-state index < -0.39 is 0 Å². The molecule has 2 fully saturated rings. The molecule has 1 aromatic carbocycles. The Kier molecular flexibility index (Phi) is 4.22. The number of rotatable bonds is 4. The molecule has 3 heterocycles. The molecule has 136 valence electrons. The molecule has 2 aromatic rings. The Labute approximate surface area is 151 Å². The van der Waals surface area contributed by atoms with Crippen molar-refractivity contribution in [2.45, 2.75) is 44.6 Å². The SMILES string of the molecule is CC1(c2nc(-c3cccc(CN4CCCC4=O)c3)no2)CCC(=O)NC1. The molecule has 7 nitrogen and oxygen atoms in total. The van der Waals surface area contributed by atoms with E-state index in [1.54, 1.807) is 0 Å². The molecule has 1 aromatic heterocycles. The summed E-state index contributed by atoms with van der Waals surface area (Å²) in [6.07, 6.45) is 2.73. The van der Waals surface area contributed by atoms with Crippen molar-refractivity contribution in [1.82, 2.24) is 20.4 Å². The molecule has 7 heteroatoms. The van der Waals surface area contributed by atoms with Gasteiger partial charge in [0.2, 0.25) is 23.5 Å². The number of aromatic nitrogens is 2. The Morgan fingerprint density at radius 2 is 2.19 bits per heavy atom. The van der Waals surface area contributed by atoms with Crippen LogP contribution in [0.1, 0.15) is 44.1 Å². The number of benzene rings is 1. The van der Waals surface area contributed by atoms with E-state index in [1.807, 2.05) is 36.1 Å². The van der Waals surface area contributed by atoms with Crippen molar-refractivity contribution in [3.63, 3.8) is 0 Å². The fraction of sp³-hybridized carbons (Fsp3) is 0.474. The molecular weight excluding hydrogens is 332 g/mol. The molecule has 2 saturated heterocycles. The topological polar surface area (TPSA) is 88.3 Å². The van der Waals surface area contributed by atoms with Gasteiger partial charge in [0.25, 0.3) is 0 Å². The molecule has 1 atom stereocenters. The summed E-state index contributed by atoms with van der Waals surface area (Å²) in [5.41, 5.74) is 1.59. The minimum absolute atomic E-state index is 0.0615. The van der Waals surface area contributed by atoms with Crippen LogP contribution in [-0.4, -0.2) is 39.9 Å². The van der Waals surface area contributed by atoms with Gasteiger partial charge in [-0.3, -0.25) is 9.59 Å². The van der Waals surface area contributed by atoms with Gasteiger partial charge < -0.3 is 14.7 Å². The molecule has 0 spiro atoms. The Hall–Kier alpha value is -2.70. The molecule has 0 bridgehead atoms. The predicted molar refractivity (Wildman–Crippen MR) is 94.0 cm³/mol. The number of hydrogen-bond acceptors (Lipinski definition) is 5. The number of piperidine rings is 1. The first-order valence-corrected chi connectivity index (χ1v) is 9.01. The number of carbonyl (C=O) groups excluding carboxylic acids is 2. The summed E-state index contributed by atoms with van der Waals surface area (Å²) in [6, 6.07) is 7.90. The molecule has 2 amide bonds. The highest BCUT2D eigenvalue weighted by atomic mass is 16.5. The second-order valence-electron chi connectivity index (χ2n) is 7.38. The van der Waals surface area contributed by atoms with Gasteiger partial charge in [0.1, 0.15) is 0 Å². The molecule has 4 rings (SSSR count). The maximum Gasteiger partial charge on any atom is 0.234 e.